The molecule has 0 fully saturated rings. The van der Waals surface area contributed by atoms with Crippen LogP contribution in [0.15, 0.2) is 24.3 Å². The summed E-state index contributed by atoms with van der Waals surface area (Å²) in [5.41, 5.74) is 4.11. The zero-order chi connectivity index (χ0) is 12.8. The highest BCUT2D eigenvalue weighted by Gasteiger charge is 2.11. The topological polar surface area (TPSA) is 29.1 Å². The lowest BCUT2D eigenvalue weighted by Gasteiger charge is -2.11. The Labute approximate surface area is 104 Å². The lowest BCUT2D eigenvalue weighted by Crippen LogP contribution is -2.25. The van der Waals surface area contributed by atoms with E-state index in [0.29, 0.717) is 6.54 Å². The number of allylic oxidation sites excluding steroid dienone is 1. The van der Waals surface area contributed by atoms with Gasteiger partial charge in [-0.25, -0.2) is 0 Å². The zero-order valence-electron chi connectivity index (χ0n) is 11.1. The van der Waals surface area contributed by atoms with Crippen LogP contribution in [0.1, 0.15) is 40.4 Å². The highest BCUT2D eigenvalue weighted by molar-refractivity contribution is 5.97. The molecule has 0 saturated carbocycles. The van der Waals surface area contributed by atoms with Gasteiger partial charge in [-0.05, 0) is 45.2 Å². The van der Waals surface area contributed by atoms with Gasteiger partial charge in [0.1, 0.15) is 0 Å². The summed E-state index contributed by atoms with van der Waals surface area (Å²) < 4.78 is 0. The Morgan fingerprint density at radius 1 is 1.24 bits per heavy atom. The van der Waals surface area contributed by atoms with Crippen LogP contribution < -0.4 is 5.32 Å². The molecule has 0 aliphatic rings. The Hall–Kier alpha value is -1.57. The number of hydrogen-bond acceptors (Lipinski definition) is 1. The molecule has 1 aromatic carbocycles. The van der Waals surface area contributed by atoms with Crippen LogP contribution in [0.25, 0.3) is 0 Å². The van der Waals surface area contributed by atoms with E-state index in [1.54, 1.807) is 0 Å². The second-order valence-electron chi connectivity index (χ2n) is 4.39. The summed E-state index contributed by atoms with van der Waals surface area (Å²) in [5.74, 6) is 0.0319. The van der Waals surface area contributed by atoms with E-state index in [-0.39, 0.29) is 5.91 Å². The summed E-state index contributed by atoms with van der Waals surface area (Å²) in [6, 6.07) is 4.10. The summed E-state index contributed by atoms with van der Waals surface area (Å²) in [6.45, 7) is 8.70. The fourth-order valence-corrected chi connectivity index (χ4v) is 2.06. The third kappa shape index (κ3) is 3.74. The first-order valence-electron chi connectivity index (χ1n) is 6.03. The summed E-state index contributed by atoms with van der Waals surface area (Å²) in [5, 5.41) is 2.94. The van der Waals surface area contributed by atoms with Crippen molar-refractivity contribution in [1.82, 2.24) is 5.32 Å². The maximum Gasteiger partial charge on any atom is 0.251 e. The summed E-state index contributed by atoms with van der Waals surface area (Å²) >= 11 is 0. The van der Waals surface area contributed by atoms with Crippen molar-refractivity contribution in [2.24, 2.45) is 0 Å². The molecular weight excluding hydrogens is 210 g/mol. The molecule has 0 radical (unpaired) electrons. The molecule has 2 nitrogen and oxygen atoms in total. The molecule has 0 spiro atoms. The van der Waals surface area contributed by atoms with Gasteiger partial charge in [-0.1, -0.05) is 29.8 Å². The predicted octanol–water partition coefficient (Wildman–Crippen LogP) is 3.31. The quantitative estimate of drug-likeness (QED) is 0.625. The fourth-order valence-electron chi connectivity index (χ4n) is 2.06. The minimum Gasteiger partial charge on any atom is -0.352 e. The largest absolute Gasteiger partial charge is 0.352 e. The average molecular weight is 231 g/mol. The van der Waals surface area contributed by atoms with Crippen LogP contribution >= 0.6 is 0 Å². The average Bonchev–Trinajstić information content (AvgIpc) is 2.23. The van der Waals surface area contributed by atoms with E-state index < -0.39 is 0 Å². The van der Waals surface area contributed by atoms with Gasteiger partial charge in [-0.2, -0.15) is 0 Å². The SMILES string of the molecule is C/C=C/CCNC(=O)c1c(C)cc(C)cc1C. The first-order chi connectivity index (χ1) is 8.06. The van der Waals surface area contributed by atoms with Crippen molar-refractivity contribution >= 4 is 5.91 Å². The smallest absolute Gasteiger partial charge is 0.251 e. The molecule has 1 rings (SSSR count). The van der Waals surface area contributed by atoms with Crippen LogP contribution in [0.4, 0.5) is 0 Å². The molecule has 0 heterocycles. The van der Waals surface area contributed by atoms with Gasteiger partial charge >= 0.3 is 0 Å². The standard InChI is InChI=1S/C15H21NO/c1-5-6-7-8-16-15(17)14-12(3)9-11(2)10-13(14)4/h5-6,9-10H,7-8H2,1-4H3,(H,16,17)/b6-5+. The van der Waals surface area contributed by atoms with Gasteiger partial charge in [-0.3, -0.25) is 4.79 Å². The molecule has 0 atom stereocenters. The number of aryl methyl sites for hydroxylation is 3. The normalized spacial score (nSPS) is 10.8. The summed E-state index contributed by atoms with van der Waals surface area (Å²) in [4.78, 5) is 12.0. The molecule has 17 heavy (non-hydrogen) atoms. The van der Waals surface area contributed by atoms with Crippen LogP contribution in [0.5, 0.6) is 0 Å². The molecule has 0 unspecified atom stereocenters. The van der Waals surface area contributed by atoms with Gasteiger partial charge in [0, 0.05) is 12.1 Å². The summed E-state index contributed by atoms with van der Waals surface area (Å²) in [7, 11) is 0. The molecule has 1 N–H and O–H groups in total. The van der Waals surface area contributed by atoms with E-state index in [1.807, 2.05) is 45.9 Å². The van der Waals surface area contributed by atoms with E-state index >= 15 is 0 Å². The van der Waals surface area contributed by atoms with Gasteiger partial charge in [0.2, 0.25) is 0 Å². The van der Waals surface area contributed by atoms with Crippen molar-refractivity contribution in [3.05, 3.63) is 46.5 Å². The molecule has 0 bridgehead atoms. The minimum absolute atomic E-state index is 0.0319. The van der Waals surface area contributed by atoms with Crippen molar-refractivity contribution in [2.75, 3.05) is 6.54 Å². The monoisotopic (exact) mass is 231 g/mol. The lowest BCUT2D eigenvalue weighted by atomic mass is 9.99. The molecule has 0 aromatic heterocycles. The second-order valence-corrected chi connectivity index (χ2v) is 4.39. The number of carbonyl (C=O) groups excluding carboxylic acids is 1. The van der Waals surface area contributed by atoms with Crippen molar-refractivity contribution in [1.29, 1.82) is 0 Å². The molecular formula is C15H21NO. The van der Waals surface area contributed by atoms with Crippen LogP contribution in [0, 0.1) is 20.8 Å². The number of hydrogen-bond donors (Lipinski definition) is 1. The van der Waals surface area contributed by atoms with Crippen LogP contribution in [-0.2, 0) is 0 Å². The van der Waals surface area contributed by atoms with Crippen LogP contribution in [-0.4, -0.2) is 12.5 Å². The van der Waals surface area contributed by atoms with Crippen molar-refractivity contribution < 1.29 is 4.79 Å². The maximum atomic E-state index is 12.0. The van der Waals surface area contributed by atoms with E-state index in [9.17, 15) is 4.79 Å². The molecule has 0 aliphatic heterocycles. The van der Waals surface area contributed by atoms with Gasteiger partial charge in [-0.15, -0.1) is 0 Å². The Bertz CT molecular complexity index is 410. The first-order valence-corrected chi connectivity index (χ1v) is 6.03. The van der Waals surface area contributed by atoms with Crippen LogP contribution in [0.3, 0.4) is 0 Å². The van der Waals surface area contributed by atoms with Crippen molar-refractivity contribution in [3.63, 3.8) is 0 Å². The zero-order valence-corrected chi connectivity index (χ0v) is 11.1. The van der Waals surface area contributed by atoms with E-state index in [2.05, 4.69) is 11.4 Å². The molecule has 2 heteroatoms. The molecule has 92 valence electrons. The van der Waals surface area contributed by atoms with Gasteiger partial charge in [0.25, 0.3) is 5.91 Å². The van der Waals surface area contributed by atoms with E-state index in [0.717, 1.165) is 23.1 Å². The Kier molecular flexibility index (Phi) is 4.95. The highest BCUT2D eigenvalue weighted by Crippen LogP contribution is 2.16. The first kappa shape index (κ1) is 13.5. The number of nitrogens with one attached hydrogen (secondary N) is 1. The number of carbonyl (C=O) groups is 1. The Morgan fingerprint density at radius 3 is 2.35 bits per heavy atom. The Balaban J connectivity index is 2.75. The van der Waals surface area contributed by atoms with E-state index in [4.69, 9.17) is 0 Å². The third-order valence-electron chi connectivity index (χ3n) is 2.74. The van der Waals surface area contributed by atoms with Crippen molar-refractivity contribution in [3.8, 4) is 0 Å². The predicted molar refractivity (Wildman–Crippen MR) is 72.4 cm³/mol. The number of benzene rings is 1. The molecule has 1 amide bonds. The molecule has 0 aliphatic carbocycles. The molecule has 1 aromatic rings. The lowest BCUT2D eigenvalue weighted by molar-refractivity contribution is 0.0953. The maximum absolute atomic E-state index is 12.0. The van der Waals surface area contributed by atoms with Gasteiger partial charge in [0.05, 0.1) is 0 Å². The molecule has 0 saturated heterocycles. The summed E-state index contributed by atoms with van der Waals surface area (Å²) in [6.07, 6.45) is 4.93. The van der Waals surface area contributed by atoms with Crippen molar-refractivity contribution in [2.45, 2.75) is 34.1 Å². The second kappa shape index (κ2) is 6.24. The Morgan fingerprint density at radius 2 is 1.82 bits per heavy atom. The van der Waals surface area contributed by atoms with Gasteiger partial charge in [0.15, 0.2) is 0 Å². The number of rotatable bonds is 4. The highest BCUT2D eigenvalue weighted by atomic mass is 16.1. The van der Waals surface area contributed by atoms with E-state index in [1.165, 1.54) is 5.56 Å². The number of amides is 1. The van der Waals surface area contributed by atoms with Crippen LogP contribution in [0.2, 0.25) is 0 Å². The fraction of sp³-hybridized carbons (Fsp3) is 0.400. The minimum atomic E-state index is 0.0319. The van der Waals surface area contributed by atoms with Gasteiger partial charge < -0.3 is 5.32 Å². The third-order valence-corrected chi connectivity index (χ3v) is 2.74.